The molecule has 2 aromatic heterocycles. The molecule has 1 saturated heterocycles. The number of alkyl halides is 1. The Balaban J connectivity index is 1.80. The fraction of sp³-hybridized carbons (Fsp3) is 0.429. The van der Waals surface area contributed by atoms with Crippen LogP contribution in [0.5, 0.6) is 0 Å². The van der Waals surface area contributed by atoms with Crippen molar-refractivity contribution in [3.63, 3.8) is 0 Å². The van der Waals surface area contributed by atoms with Crippen LogP contribution in [0.25, 0.3) is 5.65 Å². The Kier molecular flexibility index (Phi) is 5.71. The lowest BCUT2D eigenvalue weighted by Gasteiger charge is -2.23. The molecule has 3 atom stereocenters. The second-order valence-corrected chi connectivity index (χ2v) is 8.02. The molecule has 0 aliphatic carbocycles. The first-order chi connectivity index (χ1) is 14.8. The number of hydrogen-bond acceptors (Lipinski definition) is 6. The number of allylic oxidation sites excluding steroid dienone is 2. The summed E-state index contributed by atoms with van der Waals surface area (Å²) in [4.78, 5) is 23.4. The first kappa shape index (κ1) is 21.0. The van der Waals surface area contributed by atoms with Crippen LogP contribution in [0.1, 0.15) is 43.5 Å². The van der Waals surface area contributed by atoms with Gasteiger partial charge >= 0.3 is 0 Å². The maximum absolute atomic E-state index is 14.2. The second-order valence-electron chi connectivity index (χ2n) is 8.02. The highest BCUT2D eigenvalue weighted by molar-refractivity contribution is 6.04. The molecular formula is C21H25F2N7O. The lowest BCUT2D eigenvalue weighted by Crippen LogP contribution is -2.33. The maximum Gasteiger partial charge on any atom is 0.259 e. The molecule has 0 aromatic carbocycles. The van der Waals surface area contributed by atoms with Gasteiger partial charge in [-0.3, -0.25) is 9.79 Å². The van der Waals surface area contributed by atoms with Crippen LogP contribution in [0, 0.1) is 0 Å². The molecule has 1 unspecified atom stereocenters. The molecule has 0 radical (unpaired) electrons. The highest BCUT2D eigenvalue weighted by Crippen LogP contribution is 2.28. The minimum Gasteiger partial charge on any atom is -0.381 e. The average Bonchev–Trinajstić information content (AvgIpc) is 3.26. The number of hydrogen-bond donors (Lipinski definition) is 2. The molecule has 8 nitrogen and oxygen atoms in total. The van der Waals surface area contributed by atoms with Crippen LogP contribution in [0.4, 0.5) is 20.4 Å². The zero-order valence-electron chi connectivity index (χ0n) is 17.4. The van der Waals surface area contributed by atoms with Gasteiger partial charge in [-0.2, -0.15) is 0 Å². The highest BCUT2D eigenvalue weighted by atomic mass is 19.1. The van der Waals surface area contributed by atoms with E-state index in [0.29, 0.717) is 18.7 Å². The molecule has 2 bridgehead atoms. The molecule has 0 saturated carbocycles. The first-order valence-corrected chi connectivity index (χ1v) is 10.3. The van der Waals surface area contributed by atoms with Crippen molar-refractivity contribution in [3.8, 4) is 0 Å². The molecule has 4 heterocycles. The summed E-state index contributed by atoms with van der Waals surface area (Å²) in [5.74, 6) is -0.360. The van der Waals surface area contributed by atoms with Crippen LogP contribution in [-0.4, -0.2) is 51.0 Å². The van der Waals surface area contributed by atoms with Gasteiger partial charge in [0.1, 0.15) is 23.4 Å². The van der Waals surface area contributed by atoms with E-state index < -0.39 is 12.0 Å². The van der Waals surface area contributed by atoms with Gasteiger partial charge in [0.25, 0.3) is 5.91 Å². The van der Waals surface area contributed by atoms with E-state index in [1.165, 1.54) is 10.6 Å². The summed E-state index contributed by atoms with van der Waals surface area (Å²) in [6.07, 6.45) is 6.04. The SMILES string of the molecule is CC1=N/C=C(F)\C=C\C2C[C@@H](F)CN2c2ccn3nc(N)c(c3n2)C(=O)N[C@H](C)CC1. The van der Waals surface area contributed by atoms with Crippen molar-refractivity contribution in [1.29, 1.82) is 0 Å². The van der Waals surface area contributed by atoms with Gasteiger partial charge < -0.3 is 16.0 Å². The summed E-state index contributed by atoms with van der Waals surface area (Å²) < 4.78 is 29.9. The van der Waals surface area contributed by atoms with Crippen molar-refractivity contribution in [2.24, 2.45) is 4.99 Å². The summed E-state index contributed by atoms with van der Waals surface area (Å²) in [7, 11) is 0. The summed E-state index contributed by atoms with van der Waals surface area (Å²) >= 11 is 0. The number of carbonyl (C=O) groups excluding carboxylic acids is 1. The molecule has 1 fully saturated rings. The minimum absolute atomic E-state index is 0.0671. The van der Waals surface area contributed by atoms with Crippen molar-refractivity contribution in [1.82, 2.24) is 19.9 Å². The lowest BCUT2D eigenvalue weighted by molar-refractivity contribution is 0.0941. The summed E-state index contributed by atoms with van der Waals surface area (Å²) in [5, 5.41) is 7.08. The van der Waals surface area contributed by atoms with E-state index in [1.54, 1.807) is 30.2 Å². The number of anilines is 2. The zero-order valence-corrected chi connectivity index (χ0v) is 17.4. The molecule has 31 heavy (non-hydrogen) atoms. The Bertz CT molecular complexity index is 1090. The Morgan fingerprint density at radius 1 is 1.35 bits per heavy atom. The van der Waals surface area contributed by atoms with Crippen molar-refractivity contribution < 1.29 is 13.6 Å². The van der Waals surface area contributed by atoms with Crippen molar-refractivity contribution in [2.75, 3.05) is 17.2 Å². The normalized spacial score (nSPS) is 27.9. The van der Waals surface area contributed by atoms with Gasteiger partial charge in [0.2, 0.25) is 0 Å². The van der Waals surface area contributed by atoms with Crippen LogP contribution in [0.2, 0.25) is 0 Å². The standard InChI is InChI=1S/C21H25F2N7O/c1-12-3-4-13(2)26-21(31)18-19(24)28-30-8-7-17(27-20(18)30)29-11-15(23)9-16(29)6-5-14(22)10-25-12/h5-8,10,13,15-16H,3-4,9,11H2,1-2H3,(H2,24,28)(H,26,31)/b6-5+,14-10+,25-12?/t13-,15-,16?/m1/s1. The Morgan fingerprint density at radius 3 is 2.97 bits per heavy atom. The highest BCUT2D eigenvalue weighted by Gasteiger charge is 2.32. The van der Waals surface area contributed by atoms with Crippen molar-refractivity contribution in [2.45, 2.75) is 51.4 Å². The molecule has 2 aliphatic heterocycles. The number of nitrogen functional groups attached to an aromatic ring is 1. The van der Waals surface area contributed by atoms with Crippen molar-refractivity contribution >= 4 is 28.9 Å². The number of nitrogens with two attached hydrogens (primary N) is 1. The third-order valence-electron chi connectivity index (χ3n) is 5.51. The Morgan fingerprint density at radius 2 is 2.16 bits per heavy atom. The van der Waals surface area contributed by atoms with Gasteiger partial charge in [0.05, 0.1) is 18.8 Å². The summed E-state index contributed by atoms with van der Waals surface area (Å²) in [6.45, 7) is 3.79. The monoisotopic (exact) mass is 429 g/mol. The van der Waals surface area contributed by atoms with Crippen LogP contribution < -0.4 is 16.0 Å². The molecular weight excluding hydrogens is 404 g/mol. The molecule has 10 heteroatoms. The van der Waals surface area contributed by atoms with Gasteiger partial charge in [-0.15, -0.1) is 5.10 Å². The van der Waals surface area contributed by atoms with E-state index in [1.807, 2.05) is 6.92 Å². The summed E-state index contributed by atoms with van der Waals surface area (Å²) in [6, 6.07) is 1.12. The molecule has 0 spiro atoms. The van der Waals surface area contributed by atoms with Gasteiger partial charge in [0, 0.05) is 24.4 Å². The van der Waals surface area contributed by atoms with E-state index in [-0.39, 0.29) is 48.0 Å². The molecule has 164 valence electrons. The number of nitrogens with zero attached hydrogens (tertiary/aromatic N) is 5. The predicted octanol–water partition coefficient (Wildman–Crippen LogP) is 2.97. The predicted molar refractivity (Wildman–Crippen MR) is 116 cm³/mol. The van der Waals surface area contributed by atoms with E-state index in [2.05, 4.69) is 20.4 Å². The largest absolute Gasteiger partial charge is 0.381 e. The van der Waals surface area contributed by atoms with Crippen LogP contribution in [-0.2, 0) is 0 Å². The number of nitrogens with one attached hydrogen (secondary N) is 1. The number of aliphatic imine (C=N–C) groups is 1. The molecule has 1 amide bonds. The van der Waals surface area contributed by atoms with Gasteiger partial charge in [-0.05, 0) is 38.8 Å². The Hall–Kier alpha value is -3.30. The minimum atomic E-state index is -1.08. The summed E-state index contributed by atoms with van der Waals surface area (Å²) in [5.41, 5.74) is 7.22. The van der Waals surface area contributed by atoms with Crippen LogP contribution >= 0.6 is 0 Å². The molecule has 2 aromatic rings. The van der Waals surface area contributed by atoms with E-state index >= 15 is 0 Å². The van der Waals surface area contributed by atoms with Crippen LogP contribution in [0.3, 0.4) is 0 Å². The van der Waals surface area contributed by atoms with Gasteiger partial charge in [0.15, 0.2) is 11.5 Å². The number of carbonyl (C=O) groups is 1. The molecule has 2 aliphatic rings. The smallest absolute Gasteiger partial charge is 0.259 e. The number of amides is 1. The van der Waals surface area contributed by atoms with E-state index in [0.717, 1.165) is 11.9 Å². The average molecular weight is 429 g/mol. The number of rotatable bonds is 0. The number of halogens is 2. The topological polar surface area (TPSA) is 101 Å². The van der Waals surface area contributed by atoms with E-state index in [9.17, 15) is 13.6 Å². The Labute approximate surface area is 178 Å². The first-order valence-electron chi connectivity index (χ1n) is 10.3. The number of aromatic nitrogens is 3. The van der Waals surface area contributed by atoms with Gasteiger partial charge in [-0.1, -0.05) is 6.08 Å². The molecule has 4 rings (SSSR count). The van der Waals surface area contributed by atoms with Crippen LogP contribution in [0.15, 0.2) is 41.4 Å². The molecule has 3 N–H and O–H groups in total. The fourth-order valence-corrected chi connectivity index (χ4v) is 3.85. The van der Waals surface area contributed by atoms with E-state index in [4.69, 9.17) is 5.73 Å². The third kappa shape index (κ3) is 4.42. The maximum atomic E-state index is 14.2. The zero-order chi connectivity index (χ0) is 22.1. The lowest BCUT2D eigenvalue weighted by atomic mass is 10.1. The quantitative estimate of drug-likeness (QED) is 0.671. The fourth-order valence-electron chi connectivity index (χ4n) is 3.85. The second kappa shape index (κ2) is 8.44. The van der Waals surface area contributed by atoms with Crippen molar-refractivity contribution in [3.05, 3.63) is 42.0 Å². The third-order valence-corrected chi connectivity index (χ3v) is 5.51. The number of fused-ring (bicyclic) bond motifs is 3. The van der Waals surface area contributed by atoms with Gasteiger partial charge in [-0.25, -0.2) is 18.3 Å².